The number of benzene rings is 3. The van der Waals surface area contributed by atoms with E-state index in [0.29, 0.717) is 36.1 Å². The van der Waals surface area contributed by atoms with Crippen molar-refractivity contribution in [2.75, 3.05) is 19.7 Å². The molecule has 1 heterocycles. The minimum atomic E-state index is -0.304. The zero-order valence-electron chi connectivity index (χ0n) is 17.4. The zero-order valence-corrected chi connectivity index (χ0v) is 17.4. The molecular formula is C25H24N2O4. The fourth-order valence-electron chi connectivity index (χ4n) is 3.76. The van der Waals surface area contributed by atoms with E-state index in [1.807, 2.05) is 55.5 Å². The molecule has 0 atom stereocenters. The van der Waals surface area contributed by atoms with Gasteiger partial charge in [-0.2, -0.15) is 0 Å². The van der Waals surface area contributed by atoms with E-state index in [0.717, 1.165) is 16.7 Å². The summed E-state index contributed by atoms with van der Waals surface area (Å²) in [6, 6.07) is 18.6. The van der Waals surface area contributed by atoms with E-state index < -0.39 is 0 Å². The minimum Gasteiger partial charge on any atom is -0.492 e. The average Bonchev–Trinajstić information content (AvgIpc) is 2.78. The molecule has 1 aliphatic rings. The highest BCUT2D eigenvalue weighted by Crippen LogP contribution is 2.30. The first-order chi connectivity index (χ1) is 15.0. The van der Waals surface area contributed by atoms with Gasteiger partial charge < -0.3 is 10.1 Å². The summed E-state index contributed by atoms with van der Waals surface area (Å²) < 4.78 is 5.59. The Morgan fingerprint density at radius 2 is 1.58 bits per heavy atom. The van der Waals surface area contributed by atoms with Gasteiger partial charge in [0.05, 0.1) is 6.54 Å². The molecule has 0 radical (unpaired) electrons. The van der Waals surface area contributed by atoms with Crippen molar-refractivity contribution in [3.63, 3.8) is 0 Å². The Morgan fingerprint density at radius 3 is 2.23 bits per heavy atom. The van der Waals surface area contributed by atoms with Crippen LogP contribution in [0.3, 0.4) is 0 Å². The van der Waals surface area contributed by atoms with Crippen LogP contribution in [-0.4, -0.2) is 42.3 Å². The summed E-state index contributed by atoms with van der Waals surface area (Å²) in [5.74, 6) is 0.0200. The first kappa shape index (κ1) is 20.6. The third kappa shape index (κ3) is 4.43. The van der Waals surface area contributed by atoms with Crippen LogP contribution in [-0.2, 0) is 4.79 Å². The van der Waals surface area contributed by atoms with Crippen LogP contribution in [0.15, 0.2) is 60.7 Å². The highest BCUT2D eigenvalue weighted by Gasteiger charge is 2.32. The molecule has 4 rings (SSSR count). The van der Waals surface area contributed by atoms with E-state index in [2.05, 4.69) is 5.32 Å². The summed E-state index contributed by atoms with van der Waals surface area (Å²) in [6.45, 7) is 2.98. The highest BCUT2D eigenvalue weighted by molar-refractivity contribution is 6.25. The van der Waals surface area contributed by atoms with Crippen LogP contribution in [0.2, 0.25) is 0 Å². The molecule has 3 aromatic rings. The van der Waals surface area contributed by atoms with Crippen molar-refractivity contribution in [2.24, 2.45) is 0 Å². The van der Waals surface area contributed by atoms with Gasteiger partial charge in [-0.15, -0.1) is 0 Å². The first-order valence-electron chi connectivity index (χ1n) is 10.4. The second-order valence-corrected chi connectivity index (χ2v) is 7.59. The van der Waals surface area contributed by atoms with Gasteiger partial charge in [0, 0.05) is 29.5 Å². The van der Waals surface area contributed by atoms with Crippen molar-refractivity contribution in [1.82, 2.24) is 10.2 Å². The van der Waals surface area contributed by atoms with Crippen LogP contribution in [0.1, 0.15) is 39.1 Å². The lowest BCUT2D eigenvalue weighted by atomic mass is 9.94. The molecule has 0 saturated heterocycles. The minimum absolute atomic E-state index is 0.132. The molecule has 0 bridgehead atoms. The monoisotopic (exact) mass is 416 g/mol. The normalized spacial score (nSPS) is 12.9. The summed E-state index contributed by atoms with van der Waals surface area (Å²) in [4.78, 5) is 39.0. The van der Waals surface area contributed by atoms with E-state index in [-0.39, 0.29) is 30.7 Å². The van der Waals surface area contributed by atoms with Crippen molar-refractivity contribution in [1.29, 1.82) is 0 Å². The number of amides is 3. The van der Waals surface area contributed by atoms with E-state index >= 15 is 0 Å². The highest BCUT2D eigenvalue weighted by atomic mass is 16.5. The van der Waals surface area contributed by atoms with Gasteiger partial charge in [0.1, 0.15) is 12.4 Å². The van der Waals surface area contributed by atoms with Gasteiger partial charge in [0.25, 0.3) is 11.8 Å². The summed E-state index contributed by atoms with van der Waals surface area (Å²) in [6.07, 6.45) is 0.633. The van der Waals surface area contributed by atoms with Crippen LogP contribution in [0.4, 0.5) is 0 Å². The maximum Gasteiger partial charge on any atom is 0.261 e. The molecule has 158 valence electrons. The molecule has 0 aromatic heterocycles. The maximum absolute atomic E-state index is 12.8. The van der Waals surface area contributed by atoms with Gasteiger partial charge in [0.2, 0.25) is 5.91 Å². The molecule has 0 unspecified atom stereocenters. The molecule has 0 saturated carbocycles. The first-order valence-corrected chi connectivity index (χ1v) is 10.4. The lowest BCUT2D eigenvalue weighted by Crippen LogP contribution is -2.41. The van der Waals surface area contributed by atoms with E-state index in [9.17, 15) is 14.4 Å². The Balaban J connectivity index is 1.26. The number of imide groups is 1. The van der Waals surface area contributed by atoms with Crippen molar-refractivity contribution < 1.29 is 19.1 Å². The van der Waals surface area contributed by atoms with Gasteiger partial charge in [-0.3, -0.25) is 19.3 Å². The molecular weight excluding hydrogens is 392 g/mol. The predicted molar refractivity (Wildman–Crippen MR) is 118 cm³/mol. The number of rotatable bonds is 8. The molecule has 1 N–H and O–H groups in total. The average molecular weight is 416 g/mol. The fraction of sp³-hybridized carbons (Fsp3) is 0.240. The number of carbonyl (C=O) groups is 3. The van der Waals surface area contributed by atoms with Gasteiger partial charge in [0.15, 0.2) is 0 Å². The molecule has 0 aliphatic carbocycles. The molecule has 3 amide bonds. The van der Waals surface area contributed by atoms with Gasteiger partial charge in [-0.1, -0.05) is 42.0 Å². The summed E-state index contributed by atoms with van der Waals surface area (Å²) in [5, 5.41) is 4.39. The van der Waals surface area contributed by atoms with Crippen molar-refractivity contribution in [3.8, 4) is 5.75 Å². The quantitative estimate of drug-likeness (QED) is 0.449. The van der Waals surface area contributed by atoms with Crippen LogP contribution < -0.4 is 10.1 Å². The zero-order chi connectivity index (χ0) is 21.8. The second-order valence-electron chi connectivity index (χ2n) is 7.59. The number of aryl methyl sites for hydroxylation is 1. The molecule has 0 spiro atoms. The molecule has 6 heteroatoms. The number of nitrogens with one attached hydrogen (secondary N) is 1. The van der Waals surface area contributed by atoms with E-state index in [4.69, 9.17) is 4.74 Å². The lowest BCUT2D eigenvalue weighted by molar-refractivity contribution is -0.121. The summed E-state index contributed by atoms with van der Waals surface area (Å²) in [5.41, 5.74) is 2.22. The number of ether oxygens (including phenoxy) is 1. The smallest absolute Gasteiger partial charge is 0.261 e. The van der Waals surface area contributed by atoms with Crippen LogP contribution in [0.25, 0.3) is 10.8 Å². The number of nitrogens with zero attached hydrogens (tertiary/aromatic N) is 1. The Hall–Kier alpha value is -3.67. The Labute approximate surface area is 180 Å². The van der Waals surface area contributed by atoms with E-state index in [1.165, 1.54) is 4.90 Å². The van der Waals surface area contributed by atoms with E-state index in [1.54, 1.807) is 12.1 Å². The largest absolute Gasteiger partial charge is 0.492 e. The van der Waals surface area contributed by atoms with Gasteiger partial charge >= 0.3 is 0 Å². The predicted octanol–water partition coefficient (Wildman–Crippen LogP) is 3.72. The standard InChI is InChI=1S/C25H24N2O4/c1-17-10-12-19(13-11-17)31-16-14-26-22(28)9-4-15-27-24(29)20-7-2-5-18-6-3-8-21(23(18)20)25(27)30/h2-3,5-8,10-13H,4,9,14-16H2,1H3,(H,26,28). The number of carbonyl (C=O) groups excluding carboxylic acids is 3. The Morgan fingerprint density at radius 1 is 0.935 bits per heavy atom. The van der Waals surface area contributed by atoms with Crippen molar-refractivity contribution >= 4 is 28.5 Å². The third-order valence-electron chi connectivity index (χ3n) is 5.36. The van der Waals surface area contributed by atoms with Crippen LogP contribution >= 0.6 is 0 Å². The topological polar surface area (TPSA) is 75.7 Å². The molecule has 6 nitrogen and oxygen atoms in total. The third-order valence-corrected chi connectivity index (χ3v) is 5.36. The lowest BCUT2D eigenvalue weighted by Gasteiger charge is -2.27. The van der Waals surface area contributed by atoms with Gasteiger partial charge in [-0.05, 0) is 43.0 Å². The van der Waals surface area contributed by atoms with Gasteiger partial charge in [-0.25, -0.2) is 0 Å². The molecule has 1 aliphatic heterocycles. The second kappa shape index (κ2) is 9.00. The Kier molecular flexibility index (Phi) is 5.98. The SMILES string of the molecule is Cc1ccc(OCCNC(=O)CCCN2C(=O)c3cccc4cccc(c34)C2=O)cc1. The molecule has 31 heavy (non-hydrogen) atoms. The Bertz CT molecular complexity index is 1090. The van der Waals surface area contributed by atoms with Crippen molar-refractivity contribution in [2.45, 2.75) is 19.8 Å². The summed E-state index contributed by atoms with van der Waals surface area (Å²) in [7, 11) is 0. The van der Waals surface area contributed by atoms with Crippen molar-refractivity contribution in [3.05, 3.63) is 77.4 Å². The fourth-order valence-corrected chi connectivity index (χ4v) is 3.76. The maximum atomic E-state index is 12.8. The van der Waals surface area contributed by atoms with Crippen LogP contribution in [0.5, 0.6) is 5.75 Å². The summed E-state index contributed by atoms with van der Waals surface area (Å²) >= 11 is 0. The number of hydrogen-bond acceptors (Lipinski definition) is 4. The number of hydrogen-bond donors (Lipinski definition) is 1. The van der Waals surface area contributed by atoms with Crippen LogP contribution in [0, 0.1) is 6.92 Å². The molecule has 3 aromatic carbocycles. The molecule has 0 fully saturated rings.